The summed E-state index contributed by atoms with van der Waals surface area (Å²) in [6.45, 7) is 2.65. The molecule has 3 heteroatoms. The summed E-state index contributed by atoms with van der Waals surface area (Å²) in [6.07, 6.45) is 5.79. The highest BCUT2D eigenvalue weighted by atomic mass is 16.8. The fraction of sp³-hybridized carbons (Fsp3) is 1.00. The van der Waals surface area contributed by atoms with E-state index < -0.39 is 0 Å². The molecular weight excluding hydrogens is 130 g/mol. The van der Waals surface area contributed by atoms with Gasteiger partial charge < -0.3 is 5.21 Å². The molecule has 0 atom stereocenters. The second-order valence-corrected chi connectivity index (χ2v) is 2.54. The van der Waals surface area contributed by atoms with E-state index >= 15 is 0 Å². The molecule has 3 N–H and O–H groups in total. The quantitative estimate of drug-likeness (QED) is 0.350. The van der Waals surface area contributed by atoms with Crippen LogP contribution in [0.5, 0.6) is 0 Å². The van der Waals surface area contributed by atoms with Gasteiger partial charge in [-0.15, -0.1) is 0 Å². The fourth-order valence-electron chi connectivity index (χ4n) is 0.865. The molecule has 0 aliphatic carbocycles. The second kappa shape index (κ2) is 6.99. The lowest BCUT2D eigenvalue weighted by molar-refractivity contribution is -0.306. The number of hydrogen-bond acceptors (Lipinski definition) is 2. The molecule has 3 nitrogen and oxygen atoms in total. The van der Waals surface area contributed by atoms with Crippen molar-refractivity contribution in [3.05, 3.63) is 0 Å². The van der Waals surface area contributed by atoms with Gasteiger partial charge in [-0.1, -0.05) is 32.6 Å². The van der Waals surface area contributed by atoms with Crippen molar-refractivity contribution < 1.29 is 10.4 Å². The molecule has 0 aromatic heterocycles. The van der Waals surface area contributed by atoms with E-state index in [1.54, 1.807) is 0 Å². The highest BCUT2D eigenvalue weighted by molar-refractivity contribution is 4.41. The highest BCUT2D eigenvalue weighted by Gasteiger charge is 1.96. The zero-order chi connectivity index (χ0) is 7.82. The number of hydrogen-bond donors (Lipinski definition) is 1. The Morgan fingerprint density at radius 3 is 2.30 bits per heavy atom. The lowest BCUT2D eigenvalue weighted by atomic mass is 10.2. The Balaban J connectivity index is 2.77. The Hall–Kier alpha value is -0.120. The van der Waals surface area contributed by atoms with Crippen molar-refractivity contribution in [2.24, 2.45) is 0 Å². The normalized spacial score (nSPS) is 10.8. The van der Waals surface area contributed by atoms with Gasteiger partial charge in [0.1, 0.15) is 0 Å². The number of rotatable bonds is 6. The van der Waals surface area contributed by atoms with Crippen LogP contribution in [0.4, 0.5) is 0 Å². The van der Waals surface area contributed by atoms with Crippen molar-refractivity contribution >= 4 is 0 Å². The Bertz CT molecular complexity index is 66.6. The van der Waals surface area contributed by atoms with Gasteiger partial charge in [-0.25, -0.2) is 0 Å². The molecule has 0 radical (unpaired) electrons. The predicted molar refractivity (Wildman–Crippen MR) is 40.9 cm³/mol. The monoisotopic (exact) mass is 148 g/mol. The first-order valence-corrected chi connectivity index (χ1v) is 3.95. The molecule has 10 heavy (non-hydrogen) atoms. The fourth-order valence-corrected chi connectivity index (χ4v) is 0.865. The van der Waals surface area contributed by atoms with Gasteiger partial charge in [0, 0.05) is 0 Å². The Labute approximate surface area is 62.2 Å². The van der Waals surface area contributed by atoms with Crippen LogP contribution in [0.1, 0.15) is 39.0 Å². The largest absolute Gasteiger partial charge is 0.316 e. The summed E-state index contributed by atoms with van der Waals surface area (Å²) in [6, 6.07) is 0. The lowest BCUT2D eigenvalue weighted by Crippen LogP contribution is -2.14. The summed E-state index contributed by atoms with van der Waals surface area (Å²) in [5.41, 5.74) is 0. The van der Waals surface area contributed by atoms with Crippen molar-refractivity contribution in [3.8, 4) is 0 Å². The molecule has 0 aliphatic heterocycles. The van der Waals surface area contributed by atoms with E-state index in [-0.39, 0.29) is 0 Å². The Kier molecular flexibility index (Phi) is 6.91. The third kappa shape index (κ3) is 7.88. The smallest absolute Gasteiger partial charge is 0.0970 e. The van der Waals surface area contributed by atoms with Crippen LogP contribution >= 0.6 is 0 Å². The van der Waals surface area contributed by atoms with Crippen molar-refractivity contribution in [2.45, 2.75) is 39.0 Å². The van der Waals surface area contributed by atoms with Crippen LogP contribution in [0.3, 0.4) is 0 Å². The van der Waals surface area contributed by atoms with Gasteiger partial charge in [0.2, 0.25) is 0 Å². The summed E-state index contributed by atoms with van der Waals surface area (Å²) in [4.78, 5) is 0. The molecule has 0 unspecified atom stereocenters. The third-order valence-electron chi connectivity index (χ3n) is 1.47. The summed E-state index contributed by atoms with van der Waals surface area (Å²) >= 11 is 0. The molecule has 0 saturated carbocycles. The number of nitrogens with zero attached hydrogens (tertiary/aromatic N) is 1. The summed E-state index contributed by atoms with van der Waals surface area (Å²) in [5.74, 6) is 0. The van der Waals surface area contributed by atoms with Crippen LogP contribution in [0, 0.1) is 0 Å². The number of hydroxylamine groups is 2. The van der Waals surface area contributed by atoms with Gasteiger partial charge in [-0.05, 0) is 6.42 Å². The predicted octanol–water partition coefficient (Wildman–Crippen LogP) is 1.29. The average Bonchev–Trinajstić information content (AvgIpc) is 1.87. The SMILES string of the molecule is CCCCCCCN(O)[OH2+]. The molecule has 0 saturated heterocycles. The topological polar surface area (TPSA) is 46.4 Å². The van der Waals surface area contributed by atoms with Gasteiger partial charge in [-0.2, -0.15) is 0 Å². The zero-order valence-corrected chi connectivity index (χ0v) is 6.64. The van der Waals surface area contributed by atoms with Gasteiger partial charge >= 0.3 is 0 Å². The second-order valence-electron chi connectivity index (χ2n) is 2.54. The van der Waals surface area contributed by atoms with E-state index in [0.29, 0.717) is 11.8 Å². The van der Waals surface area contributed by atoms with Gasteiger partial charge in [-0.3, -0.25) is 5.21 Å². The maximum Gasteiger partial charge on any atom is 0.0970 e. The van der Waals surface area contributed by atoms with Crippen LogP contribution in [-0.2, 0) is 0 Å². The first-order valence-electron chi connectivity index (χ1n) is 3.95. The first kappa shape index (κ1) is 9.88. The molecule has 0 aromatic rings. The van der Waals surface area contributed by atoms with E-state index in [1.165, 1.54) is 19.3 Å². The van der Waals surface area contributed by atoms with Crippen LogP contribution in [0.15, 0.2) is 0 Å². The maximum atomic E-state index is 8.41. The Morgan fingerprint density at radius 1 is 1.20 bits per heavy atom. The molecule has 0 heterocycles. The van der Waals surface area contributed by atoms with Gasteiger partial charge in [0.05, 0.1) is 11.8 Å². The summed E-state index contributed by atoms with van der Waals surface area (Å²) in [5, 5.41) is 15.6. The van der Waals surface area contributed by atoms with Crippen LogP contribution in [0.25, 0.3) is 0 Å². The van der Waals surface area contributed by atoms with Crippen LogP contribution in [0.2, 0.25) is 0 Å². The van der Waals surface area contributed by atoms with E-state index in [9.17, 15) is 0 Å². The average molecular weight is 148 g/mol. The lowest BCUT2D eigenvalue weighted by Gasteiger charge is -2.00. The molecule has 0 bridgehead atoms. The minimum atomic E-state index is 0.476. The van der Waals surface area contributed by atoms with Crippen LogP contribution in [-0.4, -0.2) is 22.2 Å². The van der Waals surface area contributed by atoms with Crippen molar-refractivity contribution in [1.82, 2.24) is 5.23 Å². The molecule has 0 aromatic carbocycles. The zero-order valence-electron chi connectivity index (χ0n) is 6.64. The van der Waals surface area contributed by atoms with Crippen molar-refractivity contribution in [2.75, 3.05) is 6.54 Å². The van der Waals surface area contributed by atoms with E-state index in [1.807, 2.05) is 0 Å². The third-order valence-corrected chi connectivity index (χ3v) is 1.47. The Morgan fingerprint density at radius 2 is 1.80 bits per heavy atom. The molecule has 0 spiro atoms. The highest BCUT2D eigenvalue weighted by Crippen LogP contribution is 2.01. The molecule has 0 amide bonds. The minimum absolute atomic E-state index is 0.476. The standard InChI is InChI=1S/C7H17NO2/c1-2-3-4-5-6-7-8(9)10/h9-10H,2-7H2,1H3/p+1. The molecular formula is C7H18NO2+. The summed E-state index contributed by atoms with van der Waals surface area (Å²) < 4.78 is 0. The van der Waals surface area contributed by atoms with Crippen LogP contribution < -0.4 is 0 Å². The van der Waals surface area contributed by atoms with Gasteiger partial charge in [0.15, 0.2) is 0 Å². The molecule has 62 valence electrons. The van der Waals surface area contributed by atoms with Crippen molar-refractivity contribution in [3.63, 3.8) is 0 Å². The van der Waals surface area contributed by atoms with E-state index in [2.05, 4.69) is 6.92 Å². The molecule has 0 aliphatic rings. The minimum Gasteiger partial charge on any atom is -0.316 e. The van der Waals surface area contributed by atoms with E-state index in [0.717, 1.165) is 12.8 Å². The van der Waals surface area contributed by atoms with E-state index in [4.69, 9.17) is 10.4 Å². The first-order chi connectivity index (χ1) is 4.77. The number of unbranched alkanes of at least 4 members (excludes halogenated alkanes) is 4. The van der Waals surface area contributed by atoms with Crippen molar-refractivity contribution in [1.29, 1.82) is 0 Å². The molecule has 0 rings (SSSR count). The summed E-state index contributed by atoms with van der Waals surface area (Å²) in [7, 11) is 0. The molecule has 0 fully saturated rings. The maximum absolute atomic E-state index is 8.41. The van der Waals surface area contributed by atoms with Gasteiger partial charge in [0.25, 0.3) is 0 Å².